The summed E-state index contributed by atoms with van der Waals surface area (Å²) < 4.78 is 21.4. The predicted molar refractivity (Wildman–Crippen MR) is 203 cm³/mol. The van der Waals surface area contributed by atoms with Gasteiger partial charge in [-0.15, -0.1) is 0 Å². The number of hydrogen-bond acceptors (Lipinski definition) is 9. The van der Waals surface area contributed by atoms with E-state index in [1.54, 1.807) is 6.08 Å². The third-order valence-corrected chi connectivity index (χ3v) is 13.0. The first-order valence-corrected chi connectivity index (χ1v) is 19.2. The zero-order chi connectivity index (χ0) is 38.4. The molecule has 2 saturated heterocycles. The van der Waals surface area contributed by atoms with Crippen LogP contribution in [0.15, 0.2) is 41.0 Å². The van der Waals surface area contributed by atoms with E-state index in [0.717, 1.165) is 25.1 Å². The van der Waals surface area contributed by atoms with E-state index in [2.05, 4.69) is 42.8 Å². The number of ketones is 2. The number of aliphatic carboxylic acids is 1. The number of carboxylic acid groups (broad SMARTS) is 1. The number of phenolic OH excluding ortho intramolecular Hbond substituents is 1. The van der Waals surface area contributed by atoms with Crippen molar-refractivity contribution in [3.63, 3.8) is 0 Å². The number of carbonyl (C=O) groups excluding carboxylic acids is 2. The summed E-state index contributed by atoms with van der Waals surface area (Å²) in [6.07, 6.45) is 12.0. The number of allylic oxidation sites excluding steroid dienone is 4. The first kappa shape index (κ1) is 37.6. The van der Waals surface area contributed by atoms with Gasteiger partial charge in [0.1, 0.15) is 28.4 Å². The van der Waals surface area contributed by atoms with Gasteiger partial charge in [0.2, 0.25) is 0 Å². The number of ether oxygens (including phenoxy) is 3. The molecule has 0 radical (unpaired) electrons. The number of fused-ring (bicyclic) bond motifs is 2. The normalized spacial score (nSPS) is 34.1. The first-order valence-electron chi connectivity index (χ1n) is 19.2. The minimum atomic E-state index is -1.62. The van der Waals surface area contributed by atoms with Gasteiger partial charge in [-0.2, -0.15) is 0 Å². The summed E-state index contributed by atoms with van der Waals surface area (Å²) in [5.74, 6) is -2.69. The molecule has 1 aromatic carbocycles. The Kier molecular flexibility index (Phi) is 9.18. The third-order valence-electron chi connectivity index (χ3n) is 13.0. The molecule has 2 N–H and O–H groups in total. The molecule has 8 rings (SSSR count). The van der Waals surface area contributed by atoms with Gasteiger partial charge in [0.05, 0.1) is 17.1 Å². The van der Waals surface area contributed by atoms with Crippen molar-refractivity contribution < 1.29 is 38.8 Å². The molecule has 0 amide bonds. The van der Waals surface area contributed by atoms with E-state index >= 15 is 9.59 Å². The standard InChI is InChI=1S/C43H56N2O8/c1-24(2)11-10-16-41(8)17-15-27-34(46)31-35(47)32-33(45-21-19-44(9)20-22-45)29-23-30-40(6,7)53-42(38(29)48,18-14-26(5)39(49)50)43(30,32)52-37(31)28(36(27)51-41)13-12-25(3)4/h11-12,14-15,17,29-30,32-33,46H,10,13,16,18-23H2,1-9H3,(H,49,50). The third kappa shape index (κ3) is 5.65. The van der Waals surface area contributed by atoms with Gasteiger partial charge in [-0.05, 0) is 100 Å². The summed E-state index contributed by atoms with van der Waals surface area (Å²) in [5.41, 5.74) is -1.05. The summed E-state index contributed by atoms with van der Waals surface area (Å²) in [4.78, 5) is 47.5. The van der Waals surface area contributed by atoms with Gasteiger partial charge in [0.15, 0.2) is 22.8 Å². The van der Waals surface area contributed by atoms with E-state index in [1.165, 1.54) is 12.5 Å². The van der Waals surface area contributed by atoms with Crippen molar-refractivity contribution in [1.29, 1.82) is 0 Å². The van der Waals surface area contributed by atoms with Gasteiger partial charge in [-0.1, -0.05) is 29.4 Å². The molecule has 7 unspecified atom stereocenters. The molecule has 10 heteroatoms. The van der Waals surface area contributed by atoms with Crippen LogP contribution in [0.1, 0.15) is 103 Å². The molecule has 1 spiro atoms. The molecule has 7 aliphatic rings. The second-order valence-electron chi connectivity index (χ2n) is 17.6. The smallest absolute Gasteiger partial charge is 0.330 e. The second kappa shape index (κ2) is 12.9. The molecule has 3 aliphatic carbocycles. The first-order chi connectivity index (χ1) is 24.9. The maximum absolute atomic E-state index is 15.7. The fraction of sp³-hybridized carbons (Fsp3) is 0.605. The van der Waals surface area contributed by atoms with Gasteiger partial charge < -0.3 is 29.3 Å². The highest BCUT2D eigenvalue weighted by Gasteiger charge is 2.85. The van der Waals surface area contributed by atoms with E-state index in [9.17, 15) is 15.0 Å². The second-order valence-corrected chi connectivity index (χ2v) is 17.6. The molecule has 3 saturated carbocycles. The van der Waals surface area contributed by atoms with Crippen molar-refractivity contribution in [1.82, 2.24) is 9.80 Å². The Hall–Kier alpha value is -3.73. The van der Waals surface area contributed by atoms with Gasteiger partial charge in [-0.25, -0.2) is 4.79 Å². The van der Waals surface area contributed by atoms with Crippen LogP contribution in [0.4, 0.5) is 0 Å². The highest BCUT2D eigenvalue weighted by Crippen LogP contribution is 2.71. The lowest BCUT2D eigenvalue weighted by atomic mass is 9.44. The molecule has 0 aromatic heterocycles. The van der Waals surface area contributed by atoms with E-state index in [-0.39, 0.29) is 46.5 Å². The van der Waals surface area contributed by atoms with Gasteiger partial charge in [0.25, 0.3) is 0 Å². The maximum Gasteiger partial charge on any atom is 0.330 e. The van der Waals surface area contributed by atoms with Crippen molar-refractivity contribution in [3.8, 4) is 17.2 Å². The number of carbonyl (C=O) groups is 3. The molecule has 4 heterocycles. The highest BCUT2D eigenvalue weighted by molar-refractivity contribution is 6.10. The number of carboxylic acids is 1. The van der Waals surface area contributed by atoms with Crippen molar-refractivity contribution in [2.45, 2.75) is 116 Å². The molecule has 7 atom stereocenters. The Morgan fingerprint density at radius 1 is 0.962 bits per heavy atom. The Morgan fingerprint density at radius 2 is 1.64 bits per heavy atom. The summed E-state index contributed by atoms with van der Waals surface area (Å²) in [5, 5.41) is 22.1. The monoisotopic (exact) mass is 728 g/mol. The van der Waals surface area contributed by atoms with E-state index in [0.29, 0.717) is 49.2 Å². The number of Topliss-reactive ketones (excluding diaryl/α,β-unsaturated/α-hetero) is 2. The van der Waals surface area contributed by atoms with Crippen LogP contribution in [0, 0.1) is 17.8 Å². The fourth-order valence-corrected chi connectivity index (χ4v) is 10.3. The minimum absolute atomic E-state index is 0.0448. The Labute approximate surface area is 313 Å². The summed E-state index contributed by atoms with van der Waals surface area (Å²) in [6, 6.07) is -0.467. The Bertz CT molecular complexity index is 1870. The van der Waals surface area contributed by atoms with E-state index in [1.807, 2.05) is 46.8 Å². The molecule has 286 valence electrons. The zero-order valence-electron chi connectivity index (χ0n) is 32.8. The van der Waals surface area contributed by atoms with Crippen LogP contribution in [-0.4, -0.2) is 99.2 Å². The topological polar surface area (TPSA) is 126 Å². The molecule has 10 nitrogen and oxygen atoms in total. The molecular formula is C43H56N2O8. The largest absolute Gasteiger partial charge is 0.506 e. The van der Waals surface area contributed by atoms with Crippen molar-refractivity contribution in [2.75, 3.05) is 33.2 Å². The van der Waals surface area contributed by atoms with Crippen LogP contribution in [0.2, 0.25) is 0 Å². The summed E-state index contributed by atoms with van der Waals surface area (Å²) in [7, 11) is 2.07. The molecule has 1 aromatic rings. The van der Waals surface area contributed by atoms with Crippen LogP contribution < -0.4 is 9.47 Å². The Balaban J connectivity index is 1.48. The summed E-state index contributed by atoms with van der Waals surface area (Å²) in [6.45, 7) is 18.6. The number of phenols is 1. The number of nitrogens with zero attached hydrogens (tertiary/aromatic N) is 2. The van der Waals surface area contributed by atoms with E-state index < -0.39 is 46.3 Å². The zero-order valence-corrected chi connectivity index (χ0v) is 32.8. The van der Waals surface area contributed by atoms with Crippen LogP contribution in [-0.2, 0) is 20.7 Å². The van der Waals surface area contributed by atoms with Crippen molar-refractivity contribution in [3.05, 3.63) is 57.7 Å². The van der Waals surface area contributed by atoms with Crippen LogP contribution in [0.3, 0.4) is 0 Å². The number of rotatable bonds is 9. The lowest BCUT2D eigenvalue weighted by Gasteiger charge is -2.65. The molecule has 4 bridgehead atoms. The fourth-order valence-electron chi connectivity index (χ4n) is 10.3. The van der Waals surface area contributed by atoms with E-state index in [4.69, 9.17) is 14.2 Å². The number of piperazine rings is 1. The molecule has 5 fully saturated rings. The average molecular weight is 729 g/mol. The van der Waals surface area contributed by atoms with Crippen LogP contribution in [0.5, 0.6) is 17.2 Å². The molecular weight excluding hydrogens is 672 g/mol. The van der Waals surface area contributed by atoms with Crippen LogP contribution in [0.25, 0.3) is 6.08 Å². The van der Waals surface area contributed by atoms with Gasteiger partial charge in [-0.3, -0.25) is 14.5 Å². The minimum Gasteiger partial charge on any atom is -0.506 e. The lowest BCUT2D eigenvalue weighted by Crippen LogP contribution is -2.82. The summed E-state index contributed by atoms with van der Waals surface area (Å²) >= 11 is 0. The lowest BCUT2D eigenvalue weighted by molar-refractivity contribution is -0.214. The van der Waals surface area contributed by atoms with Gasteiger partial charge >= 0.3 is 5.97 Å². The maximum atomic E-state index is 15.7. The Morgan fingerprint density at radius 3 is 2.28 bits per heavy atom. The van der Waals surface area contributed by atoms with Gasteiger partial charge in [0, 0.05) is 61.6 Å². The van der Waals surface area contributed by atoms with Crippen LogP contribution >= 0.6 is 0 Å². The highest BCUT2D eigenvalue weighted by atomic mass is 16.6. The average Bonchev–Trinajstić information content (AvgIpc) is 3.22. The number of likely N-dealkylation sites (N-methyl/N-ethyl adjacent to an activating group) is 1. The number of aromatic hydroxyl groups is 1. The number of benzene rings is 1. The SMILES string of the molecule is CC(C)=CCCC1(C)C=Cc2c(O)c3c(c(CC=C(C)C)c2O1)OC12C(C3=O)C(N3CCN(C)CC3)C3CC1C(C)(C)OC2(CC=C(C)C(=O)O)C3=O. The van der Waals surface area contributed by atoms with Crippen molar-refractivity contribution >= 4 is 23.6 Å². The van der Waals surface area contributed by atoms with Crippen molar-refractivity contribution in [2.24, 2.45) is 17.8 Å². The quantitative estimate of drug-likeness (QED) is 0.214. The number of hydrogen-bond donors (Lipinski definition) is 2. The molecule has 4 aliphatic heterocycles. The molecule has 53 heavy (non-hydrogen) atoms. The predicted octanol–water partition coefficient (Wildman–Crippen LogP) is 6.55.